The summed E-state index contributed by atoms with van der Waals surface area (Å²) in [6.07, 6.45) is 0. The zero-order valence-corrected chi connectivity index (χ0v) is 15.1. The van der Waals surface area contributed by atoms with Gasteiger partial charge in [-0.15, -0.1) is 0 Å². The predicted molar refractivity (Wildman–Crippen MR) is 96.0 cm³/mol. The topological polar surface area (TPSA) is 44.8 Å². The van der Waals surface area contributed by atoms with E-state index in [1.165, 1.54) is 0 Å². The smallest absolute Gasteiger partial charge is 0.343 e. The van der Waals surface area contributed by atoms with Gasteiger partial charge in [0, 0.05) is 7.11 Å². The average Bonchev–Trinajstić information content (AvgIpc) is 2.58. The lowest BCUT2D eigenvalue weighted by atomic mass is 10.1. The SMILES string of the molecule is CC.COCCOc1ccc(OC(=O)c2ccc(C)cc2C)cc1. The van der Waals surface area contributed by atoms with Crippen molar-refractivity contribution in [2.24, 2.45) is 0 Å². The number of carbonyl (C=O) groups excluding carboxylic acids is 1. The second-order valence-corrected chi connectivity index (χ2v) is 5.02. The van der Waals surface area contributed by atoms with Crippen LogP contribution in [0.3, 0.4) is 0 Å². The molecule has 0 N–H and O–H groups in total. The largest absolute Gasteiger partial charge is 0.491 e. The van der Waals surface area contributed by atoms with Gasteiger partial charge in [0.1, 0.15) is 18.1 Å². The van der Waals surface area contributed by atoms with Crippen LogP contribution in [0.5, 0.6) is 11.5 Å². The molecule has 2 rings (SSSR count). The molecule has 0 aliphatic heterocycles. The van der Waals surface area contributed by atoms with Crippen LogP contribution in [0.25, 0.3) is 0 Å². The number of rotatable bonds is 6. The monoisotopic (exact) mass is 330 g/mol. The van der Waals surface area contributed by atoms with E-state index in [4.69, 9.17) is 14.2 Å². The lowest BCUT2D eigenvalue weighted by Gasteiger charge is -2.09. The third kappa shape index (κ3) is 6.05. The lowest BCUT2D eigenvalue weighted by Crippen LogP contribution is -2.10. The molecule has 2 aromatic carbocycles. The van der Waals surface area contributed by atoms with Crippen molar-refractivity contribution in [2.45, 2.75) is 27.7 Å². The van der Waals surface area contributed by atoms with Crippen LogP contribution < -0.4 is 9.47 Å². The molecule has 4 heteroatoms. The van der Waals surface area contributed by atoms with Crippen molar-refractivity contribution in [3.63, 3.8) is 0 Å². The predicted octanol–water partition coefficient (Wildman–Crippen LogP) is 4.57. The number of benzene rings is 2. The van der Waals surface area contributed by atoms with Crippen LogP contribution in [0.4, 0.5) is 0 Å². The first kappa shape index (κ1) is 19.7. The number of hydrogen-bond donors (Lipinski definition) is 0. The molecule has 0 unspecified atom stereocenters. The molecule has 0 radical (unpaired) electrons. The van der Waals surface area contributed by atoms with Crippen molar-refractivity contribution < 1.29 is 19.0 Å². The molecule has 0 amide bonds. The van der Waals surface area contributed by atoms with E-state index in [1.807, 2.05) is 39.8 Å². The summed E-state index contributed by atoms with van der Waals surface area (Å²) in [4.78, 5) is 12.2. The second-order valence-electron chi connectivity index (χ2n) is 5.02. The van der Waals surface area contributed by atoms with Crippen molar-refractivity contribution in [2.75, 3.05) is 20.3 Å². The number of carbonyl (C=O) groups is 1. The standard InChI is InChI=1S/C18H20O4.C2H6/c1-13-4-9-17(14(2)12-13)18(19)22-16-7-5-15(6-8-16)21-11-10-20-3;1-2/h4-9,12H,10-11H2,1-3H3;1-2H3. The summed E-state index contributed by atoms with van der Waals surface area (Å²) in [5, 5.41) is 0. The number of ether oxygens (including phenoxy) is 3. The average molecular weight is 330 g/mol. The van der Waals surface area contributed by atoms with Crippen LogP contribution >= 0.6 is 0 Å². The Morgan fingerprint density at radius 1 is 0.917 bits per heavy atom. The molecule has 0 fully saturated rings. The number of aryl methyl sites for hydroxylation is 2. The summed E-state index contributed by atoms with van der Waals surface area (Å²) in [7, 11) is 1.62. The Bertz CT molecular complexity index is 633. The van der Waals surface area contributed by atoms with E-state index >= 15 is 0 Å². The molecule has 4 nitrogen and oxygen atoms in total. The molecular weight excluding hydrogens is 304 g/mol. The number of methoxy groups -OCH3 is 1. The Morgan fingerprint density at radius 3 is 2.12 bits per heavy atom. The zero-order valence-electron chi connectivity index (χ0n) is 15.1. The van der Waals surface area contributed by atoms with Crippen LogP contribution in [0.15, 0.2) is 42.5 Å². The van der Waals surface area contributed by atoms with Gasteiger partial charge in [-0.25, -0.2) is 4.79 Å². The van der Waals surface area contributed by atoms with Crippen molar-refractivity contribution in [3.8, 4) is 11.5 Å². The fraction of sp³-hybridized carbons (Fsp3) is 0.350. The summed E-state index contributed by atoms with van der Waals surface area (Å²) in [5.74, 6) is 0.845. The number of esters is 1. The summed E-state index contributed by atoms with van der Waals surface area (Å²) >= 11 is 0. The Hall–Kier alpha value is -2.33. The summed E-state index contributed by atoms with van der Waals surface area (Å²) in [6, 6.07) is 12.6. The molecule has 0 aromatic heterocycles. The number of hydrogen-bond acceptors (Lipinski definition) is 4. The van der Waals surface area contributed by atoms with Gasteiger partial charge in [0.2, 0.25) is 0 Å². The quantitative estimate of drug-likeness (QED) is 0.442. The molecule has 0 aliphatic carbocycles. The van der Waals surface area contributed by atoms with Crippen LogP contribution in [0.2, 0.25) is 0 Å². The van der Waals surface area contributed by atoms with Gasteiger partial charge in [-0.1, -0.05) is 31.5 Å². The highest BCUT2D eigenvalue weighted by Gasteiger charge is 2.11. The fourth-order valence-electron chi connectivity index (χ4n) is 2.05. The van der Waals surface area contributed by atoms with Gasteiger partial charge < -0.3 is 14.2 Å². The van der Waals surface area contributed by atoms with E-state index in [0.717, 1.165) is 11.1 Å². The van der Waals surface area contributed by atoms with Crippen LogP contribution in [-0.2, 0) is 4.74 Å². The van der Waals surface area contributed by atoms with Gasteiger partial charge in [-0.2, -0.15) is 0 Å². The van der Waals surface area contributed by atoms with Crippen molar-refractivity contribution in [3.05, 3.63) is 59.2 Å². The second kappa shape index (κ2) is 10.4. The van der Waals surface area contributed by atoms with Gasteiger partial charge in [0.25, 0.3) is 0 Å². The third-order valence-corrected chi connectivity index (χ3v) is 3.19. The van der Waals surface area contributed by atoms with E-state index in [1.54, 1.807) is 37.4 Å². The Labute approximate surface area is 144 Å². The minimum atomic E-state index is -0.356. The van der Waals surface area contributed by atoms with Gasteiger partial charge in [-0.3, -0.25) is 0 Å². The van der Waals surface area contributed by atoms with Crippen LogP contribution in [0.1, 0.15) is 35.3 Å². The maximum absolute atomic E-state index is 12.2. The first-order valence-corrected chi connectivity index (χ1v) is 8.11. The highest BCUT2D eigenvalue weighted by molar-refractivity contribution is 5.92. The van der Waals surface area contributed by atoms with Crippen LogP contribution in [-0.4, -0.2) is 26.3 Å². The molecule has 0 spiro atoms. The summed E-state index contributed by atoms with van der Waals surface area (Å²) in [6.45, 7) is 8.91. The van der Waals surface area contributed by atoms with Crippen LogP contribution in [0, 0.1) is 13.8 Å². The summed E-state index contributed by atoms with van der Waals surface area (Å²) < 4.78 is 15.8. The van der Waals surface area contributed by atoms with Crippen molar-refractivity contribution in [1.29, 1.82) is 0 Å². The minimum Gasteiger partial charge on any atom is -0.491 e. The van der Waals surface area contributed by atoms with E-state index < -0.39 is 0 Å². The Balaban J connectivity index is 0.00000139. The van der Waals surface area contributed by atoms with Crippen molar-refractivity contribution in [1.82, 2.24) is 0 Å². The van der Waals surface area contributed by atoms with Gasteiger partial charge in [0.15, 0.2) is 0 Å². The third-order valence-electron chi connectivity index (χ3n) is 3.19. The molecule has 0 saturated heterocycles. The minimum absolute atomic E-state index is 0.356. The molecule has 2 aromatic rings. The molecule has 0 bridgehead atoms. The van der Waals surface area contributed by atoms with Gasteiger partial charge >= 0.3 is 5.97 Å². The van der Waals surface area contributed by atoms with Gasteiger partial charge in [-0.05, 0) is 49.7 Å². The van der Waals surface area contributed by atoms with E-state index in [-0.39, 0.29) is 5.97 Å². The normalized spacial score (nSPS) is 9.71. The fourth-order valence-corrected chi connectivity index (χ4v) is 2.05. The Kier molecular flexibility index (Phi) is 8.58. The molecule has 24 heavy (non-hydrogen) atoms. The molecular formula is C20H26O4. The van der Waals surface area contributed by atoms with E-state index in [2.05, 4.69) is 0 Å². The van der Waals surface area contributed by atoms with E-state index in [0.29, 0.717) is 30.3 Å². The zero-order chi connectivity index (χ0) is 17.9. The molecule has 0 heterocycles. The molecule has 0 atom stereocenters. The van der Waals surface area contributed by atoms with Crippen molar-refractivity contribution >= 4 is 5.97 Å². The lowest BCUT2D eigenvalue weighted by molar-refractivity contribution is 0.0734. The van der Waals surface area contributed by atoms with Gasteiger partial charge in [0.05, 0.1) is 12.2 Å². The molecule has 0 saturated carbocycles. The molecule has 0 aliphatic rings. The highest BCUT2D eigenvalue weighted by atomic mass is 16.5. The summed E-state index contributed by atoms with van der Waals surface area (Å²) in [5.41, 5.74) is 2.60. The highest BCUT2D eigenvalue weighted by Crippen LogP contribution is 2.20. The maximum atomic E-state index is 12.2. The maximum Gasteiger partial charge on any atom is 0.343 e. The Morgan fingerprint density at radius 2 is 1.54 bits per heavy atom. The first-order valence-electron chi connectivity index (χ1n) is 8.11. The van der Waals surface area contributed by atoms with E-state index in [9.17, 15) is 4.79 Å². The molecule has 130 valence electrons. The first-order chi connectivity index (χ1) is 11.6.